The van der Waals surface area contributed by atoms with Crippen molar-refractivity contribution in [3.63, 3.8) is 0 Å². The van der Waals surface area contributed by atoms with E-state index >= 15 is 0 Å². The highest BCUT2D eigenvalue weighted by molar-refractivity contribution is 6.31. The number of halogens is 2. The number of aliphatic hydroxyl groups is 1. The normalized spacial score (nSPS) is 12.6. The summed E-state index contributed by atoms with van der Waals surface area (Å²) in [6.07, 6.45) is 3.64. The van der Waals surface area contributed by atoms with Gasteiger partial charge in [-0.2, -0.15) is 0 Å². The topological polar surface area (TPSA) is 38.0 Å². The van der Waals surface area contributed by atoms with Crippen molar-refractivity contribution < 1.29 is 9.50 Å². The van der Waals surface area contributed by atoms with E-state index in [-0.39, 0.29) is 6.42 Å². The van der Waals surface area contributed by atoms with Gasteiger partial charge >= 0.3 is 0 Å². The van der Waals surface area contributed by atoms with Crippen LogP contribution in [0.1, 0.15) is 30.8 Å². The van der Waals surface area contributed by atoms with Gasteiger partial charge < -0.3 is 9.67 Å². The van der Waals surface area contributed by atoms with Gasteiger partial charge in [-0.15, -0.1) is 0 Å². The SMILES string of the molecule is CCCn1ccnc1C(O)Cc1c(F)cccc1Cl. The van der Waals surface area contributed by atoms with Gasteiger partial charge in [-0.05, 0) is 18.6 Å². The summed E-state index contributed by atoms with van der Waals surface area (Å²) in [6.45, 7) is 2.82. The zero-order valence-corrected chi connectivity index (χ0v) is 11.4. The first-order chi connectivity index (χ1) is 9.13. The van der Waals surface area contributed by atoms with Crippen LogP contribution in [0.2, 0.25) is 5.02 Å². The average Bonchev–Trinajstić information content (AvgIpc) is 2.83. The van der Waals surface area contributed by atoms with Gasteiger partial charge in [0.05, 0.1) is 0 Å². The lowest BCUT2D eigenvalue weighted by Crippen LogP contribution is -2.11. The van der Waals surface area contributed by atoms with Crippen LogP contribution in [-0.4, -0.2) is 14.7 Å². The van der Waals surface area contributed by atoms with Crippen molar-refractivity contribution in [2.75, 3.05) is 0 Å². The average molecular weight is 283 g/mol. The van der Waals surface area contributed by atoms with E-state index < -0.39 is 11.9 Å². The summed E-state index contributed by atoms with van der Waals surface area (Å²) < 4.78 is 15.6. The first-order valence-electron chi connectivity index (χ1n) is 6.25. The van der Waals surface area contributed by atoms with Gasteiger partial charge in [-0.1, -0.05) is 24.6 Å². The Morgan fingerprint density at radius 2 is 2.26 bits per heavy atom. The maximum atomic E-state index is 13.7. The Bertz CT molecular complexity index is 536. The number of aliphatic hydroxyl groups excluding tert-OH is 1. The Balaban J connectivity index is 2.21. The predicted molar refractivity (Wildman–Crippen MR) is 72.6 cm³/mol. The second-order valence-electron chi connectivity index (χ2n) is 4.40. The second kappa shape index (κ2) is 6.17. The molecule has 1 atom stereocenters. The van der Waals surface area contributed by atoms with Crippen molar-refractivity contribution in [1.82, 2.24) is 9.55 Å². The fourth-order valence-electron chi connectivity index (χ4n) is 2.06. The molecule has 0 fully saturated rings. The maximum Gasteiger partial charge on any atom is 0.137 e. The maximum absolute atomic E-state index is 13.7. The molecule has 1 heterocycles. The minimum absolute atomic E-state index is 0.117. The zero-order valence-electron chi connectivity index (χ0n) is 10.7. The van der Waals surface area contributed by atoms with Crippen LogP contribution in [0.25, 0.3) is 0 Å². The highest BCUT2D eigenvalue weighted by Gasteiger charge is 2.18. The summed E-state index contributed by atoms with van der Waals surface area (Å²) in [5, 5.41) is 10.5. The molecule has 0 spiro atoms. The summed E-state index contributed by atoms with van der Waals surface area (Å²) >= 11 is 5.96. The molecule has 19 heavy (non-hydrogen) atoms. The molecule has 1 N–H and O–H groups in total. The highest BCUT2D eigenvalue weighted by Crippen LogP contribution is 2.25. The van der Waals surface area contributed by atoms with Crippen LogP contribution in [0, 0.1) is 5.82 Å². The van der Waals surface area contributed by atoms with E-state index in [4.69, 9.17) is 11.6 Å². The van der Waals surface area contributed by atoms with Crippen LogP contribution in [0.15, 0.2) is 30.6 Å². The van der Waals surface area contributed by atoms with Gasteiger partial charge in [0.2, 0.25) is 0 Å². The van der Waals surface area contributed by atoms with Crippen LogP contribution >= 0.6 is 11.6 Å². The fraction of sp³-hybridized carbons (Fsp3) is 0.357. The van der Waals surface area contributed by atoms with Crippen LogP contribution in [0.4, 0.5) is 4.39 Å². The van der Waals surface area contributed by atoms with Gasteiger partial charge in [-0.25, -0.2) is 9.37 Å². The molecular formula is C14H16ClFN2O. The van der Waals surface area contributed by atoms with E-state index in [1.807, 2.05) is 17.7 Å². The third-order valence-electron chi connectivity index (χ3n) is 2.97. The number of aromatic nitrogens is 2. The van der Waals surface area contributed by atoms with Gasteiger partial charge in [-0.3, -0.25) is 0 Å². The Kier molecular flexibility index (Phi) is 4.56. The molecule has 2 rings (SSSR count). The van der Waals surface area contributed by atoms with E-state index in [1.54, 1.807) is 18.3 Å². The smallest absolute Gasteiger partial charge is 0.137 e. The van der Waals surface area contributed by atoms with Gasteiger partial charge in [0, 0.05) is 35.9 Å². The quantitative estimate of drug-likeness (QED) is 0.913. The van der Waals surface area contributed by atoms with Crippen molar-refractivity contribution >= 4 is 11.6 Å². The molecule has 5 heteroatoms. The molecule has 0 aliphatic rings. The highest BCUT2D eigenvalue weighted by atomic mass is 35.5. The van der Waals surface area contributed by atoms with E-state index in [9.17, 15) is 9.50 Å². The molecule has 0 amide bonds. The lowest BCUT2D eigenvalue weighted by Gasteiger charge is -2.14. The zero-order chi connectivity index (χ0) is 13.8. The molecule has 0 radical (unpaired) electrons. The van der Waals surface area contributed by atoms with Crippen LogP contribution in [-0.2, 0) is 13.0 Å². The van der Waals surface area contributed by atoms with Gasteiger partial charge in [0.1, 0.15) is 17.7 Å². The molecule has 0 bridgehead atoms. The van der Waals surface area contributed by atoms with Crippen molar-refractivity contribution in [2.45, 2.75) is 32.4 Å². The number of rotatable bonds is 5. The molecule has 0 saturated heterocycles. The molecule has 1 aromatic carbocycles. The fourth-order valence-corrected chi connectivity index (χ4v) is 2.30. The lowest BCUT2D eigenvalue weighted by molar-refractivity contribution is 0.162. The number of benzene rings is 1. The van der Waals surface area contributed by atoms with Gasteiger partial charge in [0.25, 0.3) is 0 Å². The van der Waals surface area contributed by atoms with Crippen LogP contribution in [0.3, 0.4) is 0 Å². The van der Waals surface area contributed by atoms with Crippen LogP contribution in [0.5, 0.6) is 0 Å². The molecule has 102 valence electrons. The minimum atomic E-state index is -0.865. The predicted octanol–water partition coefficient (Wildman–Crippen LogP) is 3.36. The Morgan fingerprint density at radius 3 is 2.95 bits per heavy atom. The molecule has 1 aromatic heterocycles. The second-order valence-corrected chi connectivity index (χ2v) is 4.81. The standard InChI is InChI=1S/C14H16ClFN2O/c1-2-7-18-8-6-17-14(18)13(19)9-10-11(15)4-3-5-12(10)16/h3-6,8,13,19H,2,7,9H2,1H3. The van der Waals surface area contributed by atoms with Crippen molar-refractivity contribution in [1.29, 1.82) is 0 Å². The third-order valence-corrected chi connectivity index (χ3v) is 3.32. The number of nitrogens with zero attached hydrogens (tertiary/aromatic N) is 2. The van der Waals surface area contributed by atoms with E-state index in [1.165, 1.54) is 6.07 Å². The largest absolute Gasteiger partial charge is 0.385 e. The summed E-state index contributed by atoms with van der Waals surface area (Å²) in [7, 11) is 0. The van der Waals surface area contributed by atoms with Crippen LogP contribution < -0.4 is 0 Å². The Morgan fingerprint density at radius 1 is 1.47 bits per heavy atom. The number of hydrogen-bond donors (Lipinski definition) is 1. The first kappa shape index (κ1) is 14.0. The lowest BCUT2D eigenvalue weighted by atomic mass is 10.1. The van der Waals surface area contributed by atoms with E-state index in [0.29, 0.717) is 16.4 Å². The molecule has 0 aliphatic heterocycles. The minimum Gasteiger partial charge on any atom is -0.385 e. The Labute approximate surface area is 116 Å². The third kappa shape index (κ3) is 3.14. The molecule has 0 aliphatic carbocycles. The summed E-state index contributed by atoms with van der Waals surface area (Å²) in [5.74, 6) is 0.140. The number of imidazole rings is 1. The molecule has 2 aromatic rings. The molecule has 3 nitrogen and oxygen atoms in total. The molecule has 1 unspecified atom stereocenters. The monoisotopic (exact) mass is 282 g/mol. The van der Waals surface area contributed by atoms with E-state index in [2.05, 4.69) is 4.98 Å². The van der Waals surface area contributed by atoms with Crippen molar-refractivity contribution in [3.05, 3.63) is 52.8 Å². The van der Waals surface area contributed by atoms with Gasteiger partial charge in [0.15, 0.2) is 0 Å². The van der Waals surface area contributed by atoms with Crippen molar-refractivity contribution in [3.8, 4) is 0 Å². The molecule has 0 saturated carbocycles. The number of hydrogen-bond acceptors (Lipinski definition) is 2. The van der Waals surface area contributed by atoms with E-state index in [0.717, 1.165) is 13.0 Å². The summed E-state index contributed by atoms with van der Waals surface area (Å²) in [6, 6.07) is 4.50. The molecular weight excluding hydrogens is 267 g/mol. The van der Waals surface area contributed by atoms with Crippen molar-refractivity contribution in [2.24, 2.45) is 0 Å². The Hall–Kier alpha value is -1.39. The first-order valence-corrected chi connectivity index (χ1v) is 6.63. The number of aryl methyl sites for hydroxylation is 1. The summed E-state index contributed by atoms with van der Waals surface area (Å²) in [4.78, 5) is 4.14. The summed E-state index contributed by atoms with van der Waals surface area (Å²) in [5.41, 5.74) is 0.322.